The first-order valence-corrected chi connectivity index (χ1v) is 12.3. The van der Waals surface area contributed by atoms with E-state index in [1.54, 1.807) is 24.3 Å². The molecule has 168 valence electrons. The number of aromatic nitrogens is 2. The third kappa shape index (κ3) is 4.50. The average Bonchev–Trinajstić information content (AvgIpc) is 3.28. The lowest BCUT2D eigenvalue weighted by molar-refractivity contribution is -0.152. The van der Waals surface area contributed by atoms with E-state index in [1.165, 1.54) is 6.07 Å². The van der Waals surface area contributed by atoms with Crippen molar-refractivity contribution in [2.45, 2.75) is 37.1 Å². The zero-order chi connectivity index (χ0) is 22.7. The number of fused-ring (bicyclic) bond motifs is 1. The number of carbonyl (C=O) groups is 2. The quantitative estimate of drug-likeness (QED) is 0.546. The molecule has 1 saturated heterocycles. The molecule has 2 aromatic carbocycles. The van der Waals surface area contributed by atoms with Gasteiger partial charge in [-0.3, -0.25) is 9.59 Å². The Morgan fingerprint density at radius 3 is 2.78 bits per heavy atom. The van der Waals surface area contributed by atoms with Gasteiger partial charge in [0.15, 0.2) is 6.61 Å². The highest BCUT2D eigenvalue weighted by Gasteiger charge is 2.39. The van der Waals surface area contributed by atoms with Crippen LogP contribution >= 0.6 is 11.7 Å². The summed E-state index contributed by atoms with van der Waals surface area (Å²) < 4.78 is 41.4. The Morgan fingerprint density at radius 1 is 1.16 bits per heavy atom. The van der Waals surface area contributed by atoms with Crippen LogP contribution in [0.5, 0.6) is 0 Å². The number of anilines is 1. The van der Waals surface area contributed by atoms with E-state index in [1.807, 2.05) is 19.1 Å². The van der Waals surface area contributed by atoms with Gasteiger partial charge in [-0.2, -0.15) is 13.1 Å². The first kappa shape index (κ1) is 22.3. The van der Waals surface area contributed by atoms with E-state index in [4.69, 9.17) is 4.74 Å². The molecule has 3 aromatic rings. The number of nitrogens with one attached hydrogen (secondary N) is 1. The van der Waals surface area contributed by atoms with Gasteiger partial charge in [0, 0.05) is 12.2 Å². The summed E-state index contributed by atoms with van der Waals surface area (Å²) in [4.78, 5) is 25.0. The topological polar surface area (TPSA) is 119 Å². The summed E-state index contributed by atoms with van der Waals surface area (Å²) in [5.74, 6) is -1.23. The van der Waals surface area contributed by atoms with E-state index in [2.05, 4.69) is 14.1 Å². The number of benzene rings is 2. The Hall–Kier alpha value is -2.89. The molecule has 0 aliphatic carbocycles. The Kier molecular flexibility index (Phi) is 6.49. The lowest BCUT2D eigenvalue weighted by Gasteiger charge is -2.32. The fourth-order valence-electron chi connectivity index (χ4n) is 3.68. The molecule has 0 radical (unpaired) electrons. The van der Waals surface area contributed by atoms with Crippen molar-refractivity contribution in [3.05, 3.63) is 48.0 Å². The number of amides is 1. The summed E-state index contributed by atoms with van der Waals surface area (Å²) in [6, 6.07) is 11.0. The van der Waals surface area contributed by atoms with Crippen molar-refractivity contribution in [2.24, 2.45) is 0 Å². The van der Waals surface area contributed by atoms with E-state index >= 15 is 0 Å². The summed E-state index contributed by atoms with van der Waals surface area (Å²) in [7, 11) is -4.01. The van der Waals surface area contributed by atoms with Crippen LogP contribution in [0.1, 0.15) is 24.8 Å². The number of esters is 1. The Bertz CT molecular complexity index is 1260. The average molecular weight is 475 g/mol. The fraction of sp³-hybridized carbons (Fsp3) is 0.333. The van der Waals surface area contributed by atoms with E-state index in [-0.39, 0.29) is 17.0 Å². The molecule has 1 aliphatic heterocycles. The van der Waals surface area contributed by atoms with E-state index in [0.717, 1.165) is 21.6 Å². The second-order valence-electron chi connectivity index (χ2n) is 7.49. The normalized spacial score (nSPS) is 17.2. The summed E-state index contributed by atoms with van der Waals surface area (Å²) in [6.45, 7) is 1.54. The van der Waals surface area contributed by atoms with Crippen LogP contribution in [0.25, 0.3) is 11.0 Å². The summed E-state index contributed by atoms with van der Waals surface area (Å²) in [5, 5.41) is 2.69. The minimum Gasteiger partial charge on any atom is -0.454 e. The van der Waals surface area contributed by atoms with Crippen molar-refractivity contribution < 1.29 is 22.7 Å². The van der Waals surface area contributed by atoms with Crippen molar-refractivity contribution >= 4 is 50.3 Å². The van der Waals surface area contributed by atoms with Gasteiger partial charge >= 0.3 is 5.97 Å². The number of hydrogen-bond acceptors (Lipinski definition) is 8. The van der Waals surface area contributed by atoms with Gasteiger partial charge in [-0.1, -0.05) is 24.3 Å². The number of aryl methyl sites for hydroxylation is 1. The molecule has 4 rings (SSSR count). The monoisotopic (exact) mass is 474 g/mol. The smallest absolute Gasteiger partial charge is 0.324 e. The standard InChI is InChI=1S/C21H22N4O5S2/c1-14-7-2-3-8-15(14)22-19(26)13-30-21(27)17-10-4-5-12-25(17)32(28,29)18-11-6-9-16-20(18)24-31-23-16/h2-3,6-9,11,17H,4-5,10,12-13H2,1H3,(H,22,26)/t17-/m0/s1. The minimum atomic E-state index is -4.01. The molecular weight excluding hydrogens is 452 g/mol. The van der Waals surface area contributed by atoms with Crippen LogP contribution in [0.15, 0.2) is 47.4 Å². The lowest BCUT2D eigenvalue weighted by Crippen LogP contribution is -2.49. The van der Waals surface area contributed by atoms with Crippen molar-refractivity contribution in [1.82, 2.24) is 13.1 Å². The van der Waals surface area contributed by atoms with Gasteiger partial charge in [-0.05, 0) is 49.9 Å². The Morgan fingerprint density at radius 2 is 1.97 bits per heavy atom. The maximum absolute atomic E-state index is 13.4. The lowest BCUT2D eigenvalue weighted by atomic mass is 10.1. The van der Waals surface area contributed by atoms with Crippen LogP contribution in [0, 0.1) is 6.92 Å². The molecule has 0 spiro atoms. The van der Waals surface area contributed by atoms with Gasteiger partial charge in [0.1, 0.15) is 22.0 Å². The first-order chi connectivity index (χ1) is 15.4. The van der Waals surface area contributed by atoms with Crippen molar-refractivity contribution in [3.8, 4) is 0 Å². The Balaban J connectivity index is 1.48. The predicted octanol–water partition coefficient (Wildman–Crippen LogP) is 2.72. The zero-order valence-corrected chi connectivity index (χ0v) is 19.0. The highest BCUT2D eigenvalue weighted by atomic mass is 32.2. The number of nitrogens with zero attached hydrogens (tertiary/aromatic N) is 3. The highest BCUT2D eigenvalue weighted by Crippen LogP contribution is 2.29. The van der Waals surface area contributed by atoms with Crippen molar-refractivity contribution in [1.29, 1.82) is 0 Å². The van der Waals surface area contributed by atoms with Gasteiger partial charge in [0.05, 0.1) is 11.7 Å². The van der Waals surface area contributed by atoms with Crippen LogP contribution < -0.4 is 5.32 Å². The zero-order valence-electron chi connectivity index (χ0n) is 17.4. The van der Waals surface area contributed by atoms with Crippen molar-refractivity contribution in [3.63, 3.8) is 0 Å². The number of rotatable bonds is 6. The number of sulfonamides is 1. The molecule has 0 unspecified atom stereocenters. The third-order valence-corrected chi connectivity index (χ3v) is 7.81. The van der Waals surface area contributed by atoms with E-state index < -0.39 is 34.5 Å². The molecule has 9 nitrogen and oxygen atoms in total. The van der Waals surface area contributed by atoms with Crippen LogP contribution in [0.4, 0.5) is 5.69 Å². The molecule has 1 aromatic heterocycles. The molecule has 1 fully saturated rings. The van der Waals surface area contributed by atoms with Crippen molar-refractivity contribution in [2.75, 3.05) is 18.5 Å². The van der Waals surface area contributed by atoms with E-state index in [0.29, 0.717) is 30.5 Å². The molecule has 2 heterocycles. The largest absolute Gasteiger partial charge is 0.454 e. The van der Waals surface area contributed by atoms with Gasteiger partial charge in [-0.25, -0.2) is 8.42 Å². The molecule has 0 saturated carbocycles. The van der Waals surface area contributed by atoms with Crippen LogP contribution in [0.3, 0.4) is 0 Å². The van der Waals surface area contributed by atoms with Gasteiger partial charge in [0.25, 0.3) is 5.91 Å². The third-order valence-electron chi connectivity index (χ3n) is 5.33. The number of ether oxygens (including phenoxy) is 1. The Labute approximate surface area is 189 Å². The minimum absolute atomic E-state index is 0.0146. The number of para-hydroxylation sites is 1. The summed E-state index contributed by atoms with van der Waals surface area (Å²) in [6.07, 6.45) is 1.63. The number of piperidine rings is 1. The van der Waals surface area contributed by atoms with Gasteiger partial charge in [-0.15, -0.1) is 0 Å². The molecule has 0 bridgehead atoms. The SMILES string of the molecule is Cc1ccccc1NC(=O)COC(=O)[C@@H]1CCCCN1S(=O)(=O)c1cccc2nsnc12. The van der Waals surface area contributed by atoms with Crippen LogP contribution in [-0.2, 0) is 24.3 Å². The van der Waals surface area contributed by atoms with Gasteiger partial charge in [0.2, 0.25) is 10.0 Å². The molecule has 32 heavy (non-hydrogen) atoms. The molecular formula is C21H22N4O5S2. The second-order valence-corrected chi connectivity index (χ2v) is 9.87. The number of hydrogen-bond donors (Lipinski definition) is 1. The van der Waals surface area contributed by atoms with Crippen LogP contribution in [-0.4, -0.2) is 52.5 Å². The van der Waals surface area contributed by atoms with E-state index in [9.17, 15) is 18.0 Å². The van der Waals surface area contributed by atoms with Gasteiger partial charge < -0.3 is 10.1 Å². The highest BCUT2D eigenvalue weighted by molar-refractivity contribution is 7.89. The molecule has 11 heteroatoms. The maximum Gasteiger partial charge on any atom is 0.324 e. The molecule has 1 N–H and O–H groups in total. The number of carbonyl (C=O) groups excluding carboxylic acids is 2. The summed E-state index contributed by atoms with van der Waals surface area (Å²) in [5.41, 5.74) is 2.27. The molecule has 1 aliphatic rings. The second kappa shape index (κ2) is 9.31. The van der Waals surface area contributed by atoms with Crippen LogP contribution in [0.2, 0.25) is 0 Å². The maximum atomic E-state index is 13.4. The first-order valence-electron chi connectivity index (χ1n) is 10.1. The fourth-order valence-corrected chi connectivity index (χ4v) is 6.08. The summed E-state index contributed by atoms with van der Waals surface area (Å²) >= 11 is 0.931. The predicted molar refractivity (Wildman–Crippen MR) is 120 cm³/mol. The molecule has 1 atom stereocenters. The molecule has 1 amide bonds.